The van der Waals surface area contributed by atoms with E-state index in [1.54, 1.807) is 13.0 Å². The number of hydrogen-bond acceptors (Lipinski definition) is 0. The van der Waals surface area contributed by atoms with E-state index < -0.39 is 0 Å². The van der Waals surface area contributed by atoms with Crippen LogP contribution in [0.4, 0.5) is 8.78 Å². The summed E-state index contributed by atoms with van der Waals surface area (Å²) < 4.78 is 26.1. The SMILES string of the molecule is C=CC(C)[NH-].CCC(C)C(c1ccc(F)cc1)c1ccc(F)cc1.[Pt]. The van der Waals surface area contributed by atoms with Crippen LogP contribution >= 0.6 is 0 Å². The standard InChI is InChI=1S/C17H18F2.C4H8N.Pt/c1-3-12(2)17(13-4-8-15(18)9-5-13)14-6-10-16(19)11-7-14;1-3-4(2)5;/h4-12,17H,3H2,1-2H3;3-5H,1H2,2H3;/q;-1;. The van der Waals surface area contributed by atoms with E-state index in [9.17, 15) is 8.78 Å². The Bertz CT molecular complexity index is 563. The minimum Gasteiger partial charge on any atom is -0.672 e. The van der Waals surface area contributed by atoms with Crippen LogP contribution in [-0.2, 0) is 21.1 Å². The maximum atomic E-state index is 13.0. The molecule has 0 heterocycles. The molecular formula is C21H26F2NPt-. The molecule has 1 N–H and O–H groups in total. The van der Waals surface area contributed by atoms with E-state index in [1.165, 1.54) is 24.3 Å². The predicted molar refractivity (Wildman–Crippen MR) is 98.1 cm³/mol. The van der Waals surface area contributed by atoms with E-state index in [0.29, 0.717) is 5.92 Å². The van der Waals surface area contributed by atoms with E-state index in [-0.39, 0.29) is 44.7 Å². The van der Waals surface area contributed by atoms with E-state index in [2.05, 4.69) is 20.4 Å². The maximum absolute atomic E-state index is 13.0. The summed E-state index contributed by atoms with van der Waals surface area (Å²) in [6.07, 6.45) is 2.60. The number of halogens is 2. The molecule has 0 aliphatic heterocycles. The van der Waals surface area contributed by atoms with Crippen molar-refractivity contribution in [1.82, 2.24) is 0 Å². The molecule has 0 amide bonds. The van der Waals surface area contributed by atoms with E-state index >= 15 is 0 Å². The Morgan fingerprint density at radius 1 is 0.920 bits per heavy atom. The summed E-state index contributed by atoms with van der Waals surface area (Å²) in [5, 5.41) is 0. The van der Waals surface area contributed by atoms with Crippen molar-refractivity contribution in [3.05, 3.63) is 89.7 Å². The molecule has 0 aromatic heterocycles. The monoisotopic (exact) mass is 525 g/mol. The molecule has 25 heavy (non-hydrogen) atoms. The van der Waals surface area contributed by atoms with Crippen molar-refractivity contribution < 1.29 is 29.8 Å². The minimum atomic E-state index is -0.231. The molecule has 2 aromatic carbocycles. The van der Waals surface area contributed by atoms with E-state index in [0.717, 1.165) is 17.5 Å². The largest absolute Gasteiger partial charge is 0.672 e. The van der Waals surface area contributed by atoms with Crippen molar-refractivity contribution in [3.63, 3.8) is 0 Å². The second kappa shape index (κ2) is 12.1. The molecule has 2 aromatic rings. The van der Waals surface area contributed by atoms with E-state index in [4.69, 9.17) is 5.73 Å². The number of hydrogen-bond donors (Lipinski definition) is 0. The van der Waals surface area contributed by atoms with Gasteiger partial charge in [0.2, 0.25) is 0 Å². The molecule has 0 bridgehead atoms. The summed E-state index contributed by atoms with van der Waals surface area (Å²) in [5.41, 5.74) is 8.85. The van der Waals surface area contributed by atoms with Crippen molar-refractivity contribution in [2.75, 3.05) is 0 Å². The average Bonchev–Trinajstić information content (AvgIpc) is 2.58. The van der Waals surface area contributed by atoms with Crippen LogP contribution in [0.15, 0.2) is 61.2 Å². The molecule has 0 saturated carbocycles. The Balaban J connectivity index is 0.000000848. The fraction of sp³-hybridized carbons (Fsp3) is 0.333. The van der Waals surface area contributed by atoms with Gasteiger partial charge in [-0.25, -0.2) is 8.78 Å². The van der Waals surface area contributed by atoms with Gasteiger partial charge in [-0.05, 0) is 41.3 Å². The molecule has 0 radical (unpaired) electrons. The Morgan fingerprint density at radius 2 is 1.24 bits per heavy atom. The van der Waals surface area contributed by atoms with Crippen molar-refractivity contribution in [1.29, 1.82) is 0 Å². The van der Waals surface area contributed by atoms with Crippen molar-refractivity contribution in [2.24, 2.45) is 5.92 Å². The summed E-state index contributed by atoms with van der Waals surface area (Å²) >= 11 is 0. The second-order valence-corrected chi connectivity index (χ2v) is 5.99. The summed E-state index contributed by atoms with van der Waals surface area (Å²) in [4.78, 5) is 0. The molecule has 0 saturated heterocycles. The first-order valence-corrected chi connectivity index (χ1v) is 8.23. The molecule has 2 atom stereocenters. The molecule has 140 valence electrons. The predicted octanol–water partition coefficient (Wildman–Crippen LogP) is 6.75. The van der Waals surface area contributed by atoms with Gasteiger partial charge in [-0.2, -0.15) is 0 Å². The third-order valence-corrected chi connectivity index (χ3v) is 4.02. The first kappa shape index (κ1) is 23.7. The van der Waals surface area contributed by atoms with Gasteiger partial charge in [-0.1, -0.05) is 51.5 Å². The molecule has 0 aliphatic carbocycles. The summed E-state index contributed by atoms with van der Waals surface area (Å²) in [6.45, 7) is 9.44. The molecular weight excluding hydrogens is 499 g/mol. The van der Waals surface area contributed by atoms with Crippen molar-refractivity contribution >= 4 is 0 Å². The fourth-order valence-corrected chi connectivity index (χ4v) is 2.43. The Kier molecular flexibility index (Phi) is 11.5. The maximum Gasteiger partial charge on any atom is 0.123 e. The van der Waals surface area contributed by atoms with Gasteiger partial charge in [0.25, 0.3) is 0 Å². The molecule has 1 nitrogen and oxygen atoms in total. The van der Waals surface area contributed by atoms with Crippen LogP contribution in [0.5, 0.6) is 0 Å². The molecule has 0 fully saturated rings. The normalized spacial score (nSPS) is 12.4. The first-order valence-electron chi connectivity index (χ1n) is 8.23. The van der Waals surface area contributed by atoms with Crippen LogP contribution in [0.25, 0.3) is 5.73 Å². The van der Waals surface area contributed by atoms with Crippen molar-refractivity contribution in [2.45, 2.75) is 39.2 Å². The van der Waals surface area contributed by atoms with Gasteiger partial charge in [-0.15, -0.1) is 18.7 Å². The van der Waals surface area contributed by atoms with Crippen LogP contribution in [0.2, 0.25) is 0 Å². The molecule has 0 spiro atoms. The Morgan fingerprint density at radius 3 is 1.48 bits per heavy atom. The quantitative estimate of drug-likeness (QED) is 0.386. The minimum absolute atomic E-state index is 0. The molecule has 2 rings (SSSR count). The third-order valence-electron chi connectivity index (χ3n) is 4.02. The van der Waals surface area contributed by atoms with Crippen molar-refractivity contribution in [3.8, 4) is 0 Å². The van der Waals surface area contributed by atoms with Crippen LogP contribution in [0.1, 0.15) is 44.2 Å². The average molecular weight is 526 g/mol. The fourth-order valence-electron chi connectivity index (χ4n) is 2.43. The van der Waals surface area contributed by atoms with Gasteiger partial charge in [0.15, 0.2) is 0 Å². The van der Waals surface area contributed by atoms with Gasteiger partial charge < -0.3 is 5.73 Å². The molecule has 2 unspecified atom stereocenters. The van der Waals surface area contributed by atoms with Gasteiger partial charge in [0, 0.05) is 27.0 Å². The van der Waals surface area contributed by atoms with Gasteiger partial charge >= 0.3 is 0 Å². The van der Waals surface area contributed by atoms with Gasteiger partial charge in [0.05, 0.1) is 0 Å². The summed E-state index contributed by atoms with van der Waals surface area (Å²) in [5.74, 6) is 0.124. The molecule has 4 heteroatoms. The summed E-state index contributed by atoms with van der Waals surface area (Å²) in [7, 11) is 0. The van der Waals surface area contributed by atoms with Gasteiger partial charge in [-0.3, -0.25) is 0 Å². The Labute approximate surface area is 164 Å². The third kappa shape index (κ3) is 8.07. The van der Waals surface area contributed by atoms with Crippen LogP contribution in [0, 0.1) is 17.6 Å². The van der Waals surface area contributed by atoms with E-state index in [1.807, 2.05) is 24.3 Å². The number of rotatable bonds is 5. The molecule has 0 aliphatic rings. The zero-order valence-corrected chi connectivity index (χ0v) is 17.2. The summed E-state index contributed by atoms with van der Waals surface area (Å²) in [6, 6.07) is 13.1. The van der Waals surface area contributed by atoms with Crippen LogP contribution in [0.3, 0.4) is 0 Å². The topological polar surface area (TPSA) is 23.8 Å². The number of nitrogens with one attached hydrogen (secondary N) is 1. The van der Waals surface area contributed by atoms with Crippen LogP contribution < -0.4 is 0 Å². The first-order chi connectivity index (χ1) is 11.4. The Hall–Kier alpha value is -1.31. The second-order valence-electron chi connectivity index (χ2n) is 5.99. The number of benzene rings is 2. The van der Waals surface area contributed by atoms with Gasteiger partial charge in [0.1, 0.15) is 11.6 Å². The zero-order valence-electron chi connectivity index (χ0n) is 14.9. The van der Waals surface area contributed by atoms with Crippen LogP contribution in [-0.4, -0.2) is 6.04 Å². The smallest absolute Gasteiger partial charge is 0.123 e. The zero-order chi connectivity index (χ0) is 18.1.